The number of aryl methyl sites for hydroxylation is 1. The van der Waals surface area contributed by atoms with Gasteiger partial charge in [-0.2, -0.15) is 0 Å². The van der Waals surface area contributed by atoms with Gasteiger partial charge in [0.15, 0.2) is 5.60 Å². The zero-order valence-electron chi connectivity index (χ0n) is 31.6. The number of hydrogen-bond acceptors (Lipinski definition) is 7. The number of aliphatic hydroxyl groups is 1. The minimum Gasteiger partial charge on any atom is -0.497 e. The molecule has 0 saturated carbocycles. The van der Waals surface area contributed by atoms with Gasteiger partial charge in [-0.3, -0.25) is 14.3 Å². The molecule has 2 saturated heterocycles. The van der Waals surface area contributed by atoms with E-state index in [4.69, 9.17) is 21.1 Å². The predicted octanol–water partition coefficient (Wildman–Crippen LogP) is 6.65. The van der Waals surface area contributed by atoms with Crippen molar-refractivity contribution in [1.29, 1.82) is 0 Å². The fourth-order valence-electron chi connectivity index (χ4n) is 9.20. The maximum Gasteiger partial charge on any atom is 0.264 e. The number of aliphatic hydroxyl groups excluding tert-OH is 1. The van der Waals surface area contributed by atoms with E-state index in [9.17, 15) is 9.90 Å². The average molecular weight is 776 g/mol. The lowest BCUT2D eigenvalue weighted by Gasteiger charge is -2.37. The van der Waals surface area contributed by atoms with Gasteiger partial charge >= 0.3 is 0 Å². The van der Waals surface area contributed by atoms with E-state index >= 15 is 4.79 Å². The van der Waals surface area contributed by atoms with Gasteiger partial charge in [0.05, 0.1) is 51.7 Å². The topological polar surface area (TPSA) is 110 Å². The summed E-state index contributed by atoms with van der Waals surface area (Å²) in [6.45, 7) is 8.35. The van der Waals surface area contributed by atoms with Crippen LogP contribution in [0.5, 0.6) is 5.75 Å². The average Bonchev–Trinajstić information content (AvgIpc) is 3.84. The Balaban J connectivity index is 1.15. The molecule has 3 aliphatic heterocycles. The molecule has 284 valence electrons. The van der Waals surface area contributed by atoms with Crippen LogP contribution < -0.4 is 19.7 Å². The Hall–Kier alpha value is -4.81. The third kappa shape index (κ3) is 6.46. The molecule has 0 bridgehead atoms. The highest BCUT2D eigenvalue weighted by Crippen LogP contribution is 2.60. The minimum absolute atomic E-state index is 0.0230. The van der Waals surface area contributed by atoms with Crippen LogP contribution in [0, 0.1) is 5.92 Å². The first-order valence-corrected chi connectivity index (χ1v) is 22.4. The number of carbonyl (C=O) groups is 2. The largest absolute Gasteiger partial charge is 0.497 e. The second-order valence-corrected chi connectivity index (χ2v) is 20.6. The Morgan fingerprint density at radius 2 is 1.80 bits per heavy atom. The van der Waals surface area contributed by atoms with E-state index in [0.717, 1.165) is 33.8 Å². The van der Waals surface area contributed by atoms with E-state index in [-0.39, 0.29) is 41.9 Å². The molecule has 2 amide bonds. The van der Waals surface area contributed by atoms with Crippen molar-refractivity contribution in [2.45, 2.75) is 69.1 Å². The normalized spacial score (nSPS) is 22.6. The van der Waals surface area contributed by atoms with Gasteiger partial charge in [0.25, 0.3) is 5.91 Å². The van der Waals surface area contributed by atoms with E-state index in [1.165, 1.54) is 5.19 Å². The summed E-state index contributed by atoms with van der Waals surface area (Å²) in [6.07, 6.45) is 2.75. The lowest BCUT2D eigenvalue weighted by Crippen LogP contribution is -2.51. The summed E-state index contributed by atoms with van der Waals surface area (Å²) in [5.41, 5.74) is 3.77. The number of anilines is 2. The number of aromatic nitrogens is 3. The van der Waals surface area contributed by atoms with E-state index in [2.05, 4.69) is 42.5 Å². The van der Waals surface area contributed by atoms with Crippen LogP contribution in [0.1, 0.15) is 48.1 Å². The molecule has 5 atom stereocenters. The number of amides is 2. The highest BCUT2D eigenvalue weighted by molar-refractivity contribution is 6.91. The predicted molar refractivity (Wildman–Crippen MR) is 216 cm³/mol. The molecule has 12 heteroatoms. The molecular formula is C43H46ClN5O5Si. The summed E-state index contributed by atoms with van der Waals surface area (Å²) in [5, 5.41) is 21.0. The molecule has 1 aromatic heterocycles. The molecular weight excluding hydrogens is 730 g/mol. The smallest absolute Gasteiger partial charge is 0.264 e. The van der Waals surface area contributed by atoms with Crippen LogP contribution in [0.2, 0.25) is 23.7 Å². The quantitative estimate of drug-likeness (QED) is 0.112. The molecule has 10 nitrogen and oxygen atoms in total. The Bertz CT molecular complexity index is 2210. The molecule has 5 aromatic rings. The molecule has 4 aromatic carbocycles. The molecule has 0 aliphatic carbocycles. The first-order valence-electron chi connectivity index (χ1n) is 18.9. The van der Waals surface area contributed by atoms with Crippen LogP contribution in [-0.4, -0.2) is 66.4 Å². The summed E-state index contributed by atoms with van der Waals surface area (Å²) >= 11 is 6.73. The van der Waals surface area contributed by atoms with Crippen LogP contribution in [0.3, 0.4) is 0 Å². The molecule has 2 fully saturated rings. The van der Waals surface area contributed by atoms with Crippen LogP contribution in [-0.2, 0) is 33.0 Å². The number of β-lactam (4-membered cyclic amide) rings is 1. The molecule has 3 aliphatic rings. The number of halogens is 1. The Kier molecular flexibility index (Phi) is 9.91. The maximum atomic E-state index is 15.3. The third-order valence-electron chi connectivity index (χ3n) is 12.2. The van der Waals surface area contributed by atoms with Crippen LogP contribution in [0.4, 0.5) is 11.4 Å². The van der Waals surface area contributed by atoms with Crippen molar-refractivity contribution in [3.05, 3.63) is 131 Å². The van der Waals surface area contributed by atoms with Crippen molar-refractivity contribution < 1.29 is 24.2 Å². The lowest BCUT2D eigenvalue weighted by atomic mass is 9.82. The third-order valence-corrected chi connectivity index (χ3v) is 16.7. The van der Waals surface area contributed by atoms with Gasteiger partial charge in [-0.1, -0.05) is 96.6 Å². The highest BCUT2D eigenvalue weighted by atomic mass is 35.5. The zero-order chi connectivity index (χ0) is 38.5. The van der Waals surface area contributed by atoms with E-state index in [1.54, 1.807) is 12.0 Å². The van der Waals surface area contributed by atoms with Crippen LogP contribution in [0.25, 0.3) is 0 Å². The number of ether oxygens (including phenoxy) is 2. The van der Waals surface area contributed by atoms with Crippen molar-refractivity contribution in [2.75, 3.05) is 30.1 Å². The van der Waals surface area contributed by atoms with Crippen LogP contribution >= 0.6 is 11.6 Å². The number of fused-ring (bicyclic) bond motifs is 2. The fourth-order valence-corrected chi connectivity index (χ4v) is 13.4. The number of carbonyl (C=O) groups excluding carboxylic acids is 2. The van der Waals surface area contributed by atoms with E-state index in [1.807, 2.05) is 101 Å². The van der Waals surface area contributed by atoms with Crippen molar-refractivity contribution in [3.8, 4) is 5.75 Å². The summed E-state index contributed by atoms with van der Waals surface area (Å²) in [5.74, 6) is 0.304. The van der Waals surface area contributed by atoms with Crippen molar-refractivity contribution in [3.63, 3.8) is 0 Å². The molecule has 4 heterocycles. The fraction of sp³-hybridized carbons (Fsp3) is 0.349. The second-order valence-electron chi connectivity index (χ2n) is 15.5. The van der Waals surface area contributed by atoms with Gasteiger partial charge in [-0.25, -0.2) is 0 Å². The number of methoxy groups -OCH3 is 1. The minimum atomic E-state index is -2.39. The second kappa shape index (κ2) is 14.7. The first-order chi connectivity index (χ1) is 26.5. The van der Waals surface area contributed by atoms with Crippen LogP contribution in [0.15, 0.2) is 103 Å². The van der Waals surface area contributed by atoms with Gasteiger partial charge in [0.2, 0.25) is 5.91 Å². The van der Waals surface area contributed by atoms with Crippen molar-refractivity contribution in [1.82, 2.24) is 15.0 Å². The van der Waals surface area contributed by atoms with Gasteiger partial charge in [0.1, 0.15) is 5.75 Å². The Morgan fingerprint density at radius 3 is 2.49 bits per heavy atom. The van der Waals surface area contributed by atoms with Gasteiger partial charge in [-0.05, 0) is 65.6 Å². The molecule has 8 rings (SSSR count). The number of nitrogens with zero attached hydrogens (tertiary/aromatic N) is 5. The number of benzene rings is 4. The highest BCUT2D eigenvalue weighted by Gasteiger charge is 2.66. The van der Waals surface area contributed by atoms with Crippen molar-refractivity contribution >= 4 is 48.1 Å². The zero-order valence-corrected chi connectivity index (χ0v) is 33.3. The molecule has 1 spiro atoms. The number of rotatable bonds is 12. The summed E-state index contributed by atoms with van der Waals surface area (Å²) in [6, 6.07) is 31.7. The summed E-state index contributed by atoms with van der Waals surface area (Å²) < 4.78 is 14.7. The van der Waals surface area contributed by atoms with E-state index < -0.39 is 13.7 Å². The monoisotopic (exact) mass is 775 g/mol. The van der Waals surface area contributed by atoms with Gasteiger partial charge in [-0.15, -0.1) is 5.10 Å². The first kappa shape index (κ1) is 37.1. The van der Waals surface area contributed by atoms with E-state index in [0.29, 0.717) is 43.2 Å². The summed E-state index contributed by atoms with van der Waals surface area (Å²) in [7, 11) is -0.718. The number of hydrogen-bond donors (Lipinski definition) is 1. The molecule has 1 unspecified atom stereocenters. The van der Waals surface area contributed by atoms with Crippen molar-refractivity contribution in [2.24, 2.45) is 5.92 Å². The Labute approximate surface area is 327 Å². The molecule has 1 N–H and O–H groups in total. The lowest BCUT2D eigenvalue weighted by molar-refractivity contribution is -0.146. The molecule has 55 heavy (non-hydrogen) atoms. The standard InChI is InChI=1S/C43H46ClN5O5Si/c1-28-41(55(3,4)34-16-14-33(53-2)15-17-34)39(19-21-47-26-37(45-46-47)35(27-50)30-10-6-5-7-11-30)54-43(28)36-24-31(44)13-18-38(36)49(42(43)52)25-29-9-8-12-32(23-29)48-22-20-40(48)51/h5-18,23-24,26,28,35,39,41,50H,19-22,25,27H2,1-4H3/t28-,35?,39+,41-,43+/m0/s1. The SMILES string of the molecule is COc1ccc([Si](C)(C)[C@@H]2[C@@H](CCn3cc(C(CO)c4ccccc4)nn3)O[C@]3(C(=O)N(Cc4cccc(N5CCC5=O)c4)c4ccc(Cl)cc43)[C@H]2C)cc1. The Morgan fingerprint density at radius 1 is 1.02 bits per heavy atom. The van der Waals surface area contributed by atoms with Gasteiger partial charge < -0.3 is 24.4 Å². The van der Waals surface area contributed by atoms with Gasteiger partial charge in [0, 0.05) is 47.9 Å². The maximum absolute atomic E-state index is 15.3. The molecule has 0 radical (unpaired) electrons. The summed E-state index contributed by atoms with van der Waals surface area (Å²) in [4.78, 5) is 31.1.